The van der Waals surface area contributed by atoms with E-state index < -0.39 is 5.97 Å². The van der Waals surface area contributed by atoms with Gasteiger partial charge < -0.3 is 4.74 Å². The highest BCUT2D eigenvalue weighted by atomic mass is 19.1. The number of esters is 1. The molecule has 0 radical (unpaired) electrons. The van der Waals surface area contributed by atoms with Gasteiger partial charge in [0.05, 0.1) is 19.2 Å². The lowest BCUT2D eigenvalue weighted by Gasteiger charge is -2.11. The van der Waals surface area contributed by atoms with Crippen molar-refractivity contribution in [3.05, 3.63) is 77.4 Å². The Hall–Kier alpha value is -3.19. The van der Waals surface area contributed by atoms with Crippen LogP contribution in [-0.2, 0) is 4.74 Å². The van der Waals surface area contributed by atoms with E-state index in [0.29, 0.717) is 16.8 Å². The molecule has 0 saturated carbocycles. The summed E-state index contributed by atoms with van der Waals surface area (Å²) >= 11 is 0. The number of nitrogens with zero attached hydrogens (tertiary/aromatic N) is 1. The summed E-state index contributed by atoms with van der Waals surface area (Å²) in [4.78, 5) is 15.3. The molecule has 0 amide bonds. The van der Waals surface area contributed by atoms with Gasteiger partial charge in [-0.05, 0) is 46.2 Å². The summed E-state index contributed by atoms with van der Waals surface area (Å²) in [6.07, 6.45) is 0. The Bertz CT molecular complexity index is 940. The highest BCUT2D eigenvalue weighted by Gasteiger charge is 2.13. The zero-order valence-corrected chi connectivity index (χ0v) is 12.3. The molecule has 3 rings (SSSR count). The number of hydrogen-bond donors (Lipinski definition) is 0. The Balaban J connectivity index is 2.34. The van der Waals surface area contributed by atoms with Crippen LogP contribution in [0.5, 0.6) is 0 Å². The van der Waals surface area contributed by atoms with E-state index in [2.05, 4.69) is 4.85 Å². The fourth-order valence-electron chi connectivity index (χ4n) is 2.57. The van der Waals surface area contributed by atoms with E-state index in [0.717, 1.165) is 16.3 Å². The topological polar surface area (TPSA) is 30.7 Å². The van der Waals surface area contributed by atoms with E-state index in [1.807, 2.05) is 12.1 Å². The molecule has 0 aromatic heterocycles. The van der Waals surface area contributed by atoms with Crippen LogP contribution in [0, 0.1) is 12.4 Å². The SMILES string of the molecule is [C-]#[N+]c1ccc2ccc(C(=O)OC)cc2c1-c1ccc(F)cc1. The second kappa shape index (κ2) is 5.90. The van der Waals surface area contributed by atoms with Crippen LogP contribution in [0.2, 0.25) is 0 Å². The van der Waals surface area contributed by atoms with Crippen LogP contribution in [0.15, 0.2) is 54.6 Å². The van der Waals surface area contributed by atoms with Gasteiger partial charge in [-0.3, -0.25) is 0 Å². The number of rotatable bonds is 2. The molecule has 0 aliphatic rings. The average Bonchev–Trinajstić information content (AvgIpc) is 2.60. The van der Waals surface area contributed by atoms with Gasteiger partial charge in [-0.1, -0.05) is 30.3 Å². The van der Waals surface area contributed by atoms with Crippen molar-refractivity contribution in [2.75, 3.05) is 7.11 Å². The summed E-state index contributed by atoms with van der Waals surface area (Å²) in [5.74, 6) is -0.779. The summed E-state index contributed by atoms with van der Waals surface area (Å²) < 4.78 is 17.9. The molecule has 3 nitrogen and oxygen atoms in total. The second-order valence-electron chi connectivity index (χ2n) is 5.01. The maximum absolute atomic E-state index is 13.2. The first-order valence-electron chi connectivity index (χ1n) is 6.92. The van der Waals surface area contributed by atoms with Crippen LogP contribution in [0.3, 0.4) is 0 Å². The average molecular weight is 305 g/mol. The summed E-state index contributed by atoms with van der Waals surface area (Å²) in [6, 6.07) is 14.7. The largest absolute Gasteiger partial charge is 0.465 e. The number of benzene rings is 3. The van der Waals surface area contributed by atoms with E-state index in [9.17, 15) is 9.18 Å². The molecule has 0 aliphatic carbocycles. The van der Waals surface area contributed by atoms with Crippen LogP contribution < -0.4 is 0 Å². The maximum Gasteiger partial charge on any atom is 0.337 e. The van der Waals surface area contributed by atoms with E-state index in [1.54, 1.807) is 30.3 Å². The first kappa shape index (κ1) is 14.7. The molecule has 3 aromatic rings. The van der Waals surface area contributed by atoms with Crippen molar-refractivity contribution in [2.24, 2.45) is 0 Å². The number of fused-ring (bicyclic) bond motifs is 1. The molecule has 0 heterocycles. The van der Waals surface area contributed by atoms with Crippen molar-refractivity contribution in [3.63, 3.8) is 0 Å². The number of hydrogen-bond acceptors (Lipinski definition) is 2. The first-order chi connectivity index (χ1) is 11.1. The van der Waals surface area contributed by atoms with Gasteiger partial charge in [0.15, 0.2) is 5.69 Å². The fourth-order valence-corrected chi connectivity index (χ4v) is 2.57. The molecule has 3 aromatic carbocycles. The molecule has 0 atom stereocenters. The number of carbonyl (C=O) groups excluding carboxylic acids is 1. The number of methoxy groups -OCH3 is 1. The van der Waals surface area contributed by atoms with E-state index >= 15 is 0 Å². The maximum atomic E-state index is 13.2. The summed E-state index contributed by atoms with van der Waals surface area (Å²) in [5, 5.41) is 1.65. The van der Waals surface area contributed by atoms with Gasteiger partial charge >= 0.3 is 5.97 Å². The van der Waals surface area contributed by atoms with Crippen molar-refractivity contribution in [1.82, 2.24) is 0 Å². The van der Waals surface area contributed by atoms with Crippen LogP contribution >= 0.6 is 0 Å². The number of halogens is 1. The monoisotopic (exact) mass is 305 g/mol. The van der Waals surface area contributed by atoms with Crippen LogP contribution in [0.4, 0.5) is 10.1 Å². The first-order valence-corrected chi connectivity index (χ1v) is 6.92. The Morgan fingerprint density at radius 1 is 1.09 bits per heavy atom. The predicted molar refractivity (Wildman–Crippen MR) is 86.9 cm³/mol. The van der Waals surface area contributed by atoms with Gasteiger partial charge in [-0.25, -0.2) is 14.0 Å². The third-order valence-electron chi connectivity index (χ3n) is 3.67. The van der Waals surface area contributed by atoms with Gasteiger partial charge in [-0.15, -0.1) is 0 Å². The Morgan fingerprint density at radius 2 is 1.78 bits per heavy atom. The lowest BCUT2D eigenvalue weighted by Crippen LogP contribution is -2.00. The van der Waals surface area contributed by atoms with E-state index in [4.69, 9.17) is 11.3 Å². The lowest BCUT2D eigenvalue weighted by atomic mass is 9.95. The van der Waals surface area contributed by atoms with Gasteiger partial charge in [0.1, 0.15) is 5.82 Å². The Kier molecular flexibility index (Phi) is 3.78. The minimum Gasteiger partial charge on any atom is -0.465 e. The van der Waals surface area contributed by atoms with Crippen molar-refractivity contribution in [3.8, 4) is 11.1 Å². The molecule has 0 saturated heterocycles. The summed E-state index contributed by atoms with van der Waals surface area (Å²) in [6.45, 7) is 7.38. The zero-order chi connectivity index (χ0) is 16.4. The van der Waals surface area contributed by atoms with Crippen molar-refractivity contribution < 1.29 is 13.9 Å². The molecule has 0 unspecified atom stereocenters. The molecule has 23 heavy (non-hydrogen) atoms. The van der Waals surface area contributed by atoms with E-state index in [-0.39, 0.29) is 5.82 Å². The highest BCUT2D eigenvalue weighted by molar-refractivity contribution is 6.06. The molecule has 4 heteroatoms. The molecular weight excluding hydrogens is 293 g/mol. The quantitative estimate of drug-likeness (QED) is 0.493. The fraction of sp³-hybridized carbons (Fsp3) is 0.0526. The number of ether oxygens (including phenoxy) is 1. The zero-order valence-electron chi connectivity index (χ0n) is 12.3. The lowest BCUT2D eigenvalue weighted by molar-refractivity contribution is 0.0601. The smallest absolute Gasteiger partial charge is 0.337 e. The normalized spacial score (nSPS) is 10.3. The second-order valence-corrected chi connectivity index (χ2v) is 5.01. The standard InChI is InChI=1S/C19H12FNO2/c1-21-17-10-7-12-3-4-14(19(22)23-2)11-16(12)18(17)13-5-8-15(20)9-6-13/h3-11H,2H3. The van der Waals surface area contributed by atoms with Crippen molar-refractivity contribution >= 4 is 22.4 Å². The van der Waals surface area contributed by atoms with Crippen molar-refractivity contribution in [2.45, 2.75) is 0 Å². The van der Waals surface area contributed by atoms with Crippen molar-refractivity contribution in [1.29, 1.82) is 0 Å². The third kappa shape index (κ3) is 2.65. The molecule has 0 aliphatic heterocycles. The van der Waals surface area contributed by atoms with Gasteiger partial charge in [-0.2, -0.15) is 0 Å². The van der Waals surface area contributed by atoms with Gasteiger partial charge in [0.2, 0.25) is 0 Å². The summed E-state index contributed by atoms with van der Waals surface area (Å²) in [7, 11) is 1.32. The predicted octanol–water partition coefficient (Wildman–Crippen LogP) is 4.98. The van der Waals surface area contributed by atoms with Crippen LogP contribution in [0.25, 0.3) is 26.7 Å². The highest BCUT2D eigenvalue weighted by Crippen LogP contribution is 2.37. The van der Waals surface area contributed by atoms with Gasteiger partial charge in [0.25, 0.3) is 0 Å². The molecule has 112 valence electrons. The molecular formula is C19H12FNO2. The third-order valence-corrected chi connectivity index (χ3v) is 3.67. The molecule has 0 spiro atoms. The van der Waals surface area contributed by atoms with Gasteiger partial charge in [0, 0.05) is 0 Å². The summed E-state index contributed by atoms with van der Waals surface area (Å²) in [5.41, 5.74) is 2.27. The Labute approximate surface area is 132 Å². The van der Waals surface area contributed by atoms with Crippen LogP contribution in [0.1, 0.15) is 10.4 Å². The minimum atomic E-state index is -0.440. The molecule has 0 N–H and O–H groups in total. The Morgan fingerprint density at radius 3 is 2.43 bits per heavy atom. The molecule has 0 fully saturated rings. The number of carbonyl (C=O) groups is 1. The minimum absolute atomic E-state index is 0.339. The van der Waals surface area contributed by atoms with Crippen LogP contribution in [-0.4, -0.2) is 13.1 Å². The molecule has 0 bridgehead atoms. The van der Waals surface area contributed by atoms with E-state index in [1.165, 1.54) is 19.2 Å².